The molecule has 0 spiro atoms. The van der Waals surface area contributed by atoms with Crippen LogP contribution < -0.4 is 10.6 Å². The molecule has 192 valence electrons. The number of hydrogen-bond donors (Lipinski definition) is 2. The largest absolute Gasteiger partial charge is 0.381 e. The smallest absolute Gasteiger partial charge is 0.255 e. The molecule has 2 atom stereocenters. The zero-order valence-electron chi connectivity index (χ0n) is 21.1. The highest BCUT2D eigenvalue weighted by Gasteiger charge is 2.56. The quantitative estimate of drug-likeness (QED) is 0.464. The number of carbonyl (C=O) groups is 3. The highest BCUT2D eigenvalue weighted by Crippen LogP contribution is 2.46. The lowest BCUT2D eigenvalue weighted by molar-refractivity contribution is -0.143. The van der Waals surface area contributed by atoms with Crippen molar-refractivity contribution in [2.75, 3.05) is 31.6 Å². The molecule has 8 nitrogen and oxygen atoms in total. The average molecular weight is 504 g/mol. The number of rotatable bonds is 6. The molecule has 0 saturated carbocycles. The number of hydrogen-bond acceptors (Lipinski definition) is 6. The van der Waals surface area contributed by atoms with Crippen LogP contribution in [0.25, 0.3) is 0 Å². The Hall–Kier alpha value is -3.24. The maximum atomic E-state index is 15.0. The van der Waals surface area contributed by atoms with E-state index in [1.54, 1.807) is 44.2 Å². The van der Waals surface area contributed by atoms with Gasteiger partial charge in [-0.3, -0.25) is 24.6 Å². The Labute approximate surface area is 216 Å². The number of nitrogens with one attached hydrogen (secondary N) is 2. The summed E-state index contributed by atoms with van der Waals surface area (Å²) in [6.07, 6.45) is 0.291. The lowest BCUT2D eigenvalue weighted by Crippen LogP contribution is -2.65. The van der Waals surface area contributed by atoms with Crippen molar-refractivity contribution >= 4 is 31.3 Å². The van der Waals surface area contributed by atoms with E-state index in [1.165, 1.54) is 4.90 Å². The molecule has 10 heteroatoms. The molecule has 2 unspecified atom stereocenters. The summed E-state index contributed by atoms with van der Waals surface area (Å²) in [6.45, 7) is 7.20. The first-order valence-electron chi connectivity index (χ1n) is 12.5. The van der Waals surface area contributed by atoms with Crippen molar-refractivity contribution in [3.63, 3.8) is 0 Å². The van der Waals surface area contributed by atoms with Gasteiger partial charge in [-0.15, -0.1) is 0 Å². The standard InChI is InChI=1S/C27H30BFN4O4/c1-26(9-8-22(34)31-25(26)36)33-24(35)19-4-3-5-21(23(19)27(33,2)28)30-15-18-7-6-17(14-20(18)29)16-32-10-12-37-13-11-32/h3-7,14,30H,8-13,15-16H2,1-2H3,(H,31,34,36). The van der Waals surface area contributed by atoms with Gasteiger partial charge in [-0.1, -0.05) is 18.2 Å². The number of nitrogens with zero attached hydrogens (tertiary/aromatic N) is 2. The monoisotopic (exact) mass is 504 g/mol. The van der Waals surface area contributed by atoms with E-state index in [2.05, 4.69) is 15.5 Å². The van der Waals surface area contributed by atoms with Crippen LogP contribution in [0.4, 0.5) is 10.1 Å². The molecule has 3 aliphatic heterocycles. The number of morpholine rings is 1. The van der Waals surface area contributed by atoms with Gasteiger partial charge >= 0.3 is 0 Å². The number of fused-ring (bicyclic) bond motifs is 1. The van der Waals surface area contributed by atoms with Crippen molar-refractivity contribution in [1.82, 2.24) is 15.1 Å². The van der Waals surface area contributed by atoms with Gasteiger partial charge in [-0.25, -0.2) is 4.39 Å². The number of ether oxygens (including phenoxy) is 1. The molecular weight excluding hydrogens is 474 g/mol. The van der Waals surface area contributed by atoms with Gasteiger partial charge in [0.05, 0.1) is 13.2 Å². The maximum Gasteiger partial charge on any atom is 0.255 e. The van der Waals surface area contributed by atoms with Crippen LogP contribution in [0.15, 0.2) is 36.4 Å². The third-order valence-electron chi connectivity index (χ3n) is 7.64. The molecule has 0 aromatic heterocycles. The fourth-order valence-corrected chi connectivity index (χ4v) is 5.65. The van der Waals surface area contributed by atoms with Crippen LogP contribution >= 0.6 is 0 Å². The zero-order chi connectivity index (χ0) is 26.4. The van der Waals surface area contributed by atoms with E-state index in [4.69, 9.17) is 12.6 Å². The highest BCUT2D eigenvalue weighted by atomic mass is 19.1. The summed E-state index contributed by atoms with van der Waals surface area (Å²) < 4.78 is 20.4. The summed E-state index contributed by atoms with van der Waals surface area (Å²) in [5, 5.41) is 5.59. The average Bonchev–Trinajstić information content (AvgIpc) is 3.08. The summed E-state index contributed by atoms with van der Waals surface area (Å²) in [5.74, 6) is -1.61. The van der Waals surface area contributed by atoms with E-state index in [1.807, 2.05) is 6.07 Å². The number of piperidine rings is 1. The van der Waals surface area contributed by atoms with Crippen molar-refractivity contribution < 1.29 is 23.5 Å². The third kappa shape index (κ3) is 4.53. The van der Waals surface area contributed by atoms with E-state index in [0.29, 0.717) is 42.1 Å². The molecule has 0 bridgehead atoms. The van der Waals surface area contributed by atoms with Gasteiger partial charge in [-0.05, 0) is 44.0 Å². The fraction of sp³-hybridized carbons (Fsp3) is 0.444. The minimum Gasteiger partial charge on any atom is -0.381 e. The van der Waals surface area contributed by atoms with Crippen LogP contribution in [0.5, 0.6) is 0 Å². The molecule has 3 amide bonds. The van der Waals surface area contributed by atoms with E-state index in [9.17, 15) is 18.8 Å². The second kappa shape index (κ2) is 9.57. The van der Waals surface area contributed by atoms with E-state index in [-0.39, 0.29) is 37.0 Å². The molecule has 2 saturated heterocycles. The van der Waals surface area contributed by atoms with Crippen LogP contribution in [-0.2, 0) is 32.9 Å². The second-order valence-corrected chi connectivity index (χ2v) is 10.3. The van der Waals surface area contributed by atoms with Gasteiger partial charge in [-0.2, -0.15) is 0 Å². The summed E-state index contributed by atoms with van der Waals surface area (Å²) in [7, 11) is 6.76. The number of amides is 3. The fourth-order valence-electron chi connectivity index (χ4n) is 5.65. The number of halogens is 1. The SMILES string of the molecule is [B]C1(C)c2c(NCc3ccc(CN4CCOCC4)cc3F)cccc2C(=O)N1C1(C)CCC(=O)NC1=O. The van der Waals surface area contributed by atoms with Crippen LogP contribution in [-0.4, -0.2) is 67.2 Å². The predicted octanol–water partition coefficient (Wildman–Crippen LogP) is 2.26. The number of anilines is 1. The Morgan fingerprint density at radius 2 is 1.89 bits per heavy atom. The summed E-state index contributed by atoms with van der Waals surface area (Å²) >= 11 is 0. The third-order valence-corrected chi connectivity index (χ3v) is 7.64. The molecule has 0 aliphatic carbocycles. The lowest BCUT2D eigenvalue weighted by Gasteiger charge is -2.47. The second-order valence-electron chi connectivity index (χ2n) is 10.3. The minimum absolute atomic E-state index is 0.115. The predicted molar refractivity (Wildman–Crippen MR) is 136 cm³/mol. The van der Waals surface area contributed by atoms with Crippen LogP contribution in [0.1, 0.15) is 53.7 Å². The highest BCUT2D eigenvalue weighted by molar-refractivity contribution is 6.23. The molecule has 2 radical (unpaired) electrons. The molecule has 37 heavy (non-hydrogen) atoms. The molecule has 5 rings (SSSR count). The van der Waals surface area contributed by atoms with Gasteiger partial charge < -0.3 is 15.0 Å². The van der Waals surface area contributed by atoms with Crippen LogP contribution in [0, 0.1) is 5.82 Å². The normalized spacial score (nSPS) is 26.2. The number of imide groups is 1. The summed E-state index contributed by atoms with van der Waals surface area (Å²) in [5.41, 5.74) is 0.275. The molecule has 2 aromatic carbocycles. The number of carbonyl (C=O) groups excluding carboxylic acids is 3. The lowest BCUT2D eigenvalue weighted by atomic mass is 9.70. The first-order valence-corrected chi connectivity index (χ1v) is 12.5. The Morgan fingerprint density at radius 1 is 1.14 bits per heavy atom. The van der Waals surface area contributed by atoms with Gasteiger partial charge in [0.2, 0.25) is 5.91 Å². The molecule has 3 aliphatic rings. The van der Waals surface area contributed by atoms with Gasteiger partial charge in [0, 0.05) is 60.4 Å². The topological polar surface area (TPSA) is 91.0 Å². The van der Waals surface area contributed by atoms with Crippen molar-refractivity contribution in [2.45, 2.75) is 50.8 Å². The number of benzene rings is 2. The Morgan fingerprint density at radius 3 is 2.59 bits per heavy atom. The van der Waals surface area contributed by atoms with Crippen molar-refractivity contribution in [3.8, 4) is 0 Å². The molecule has 2 N–H and O–H groups in total. The minimum atomic E-state index is -1.33. The van der Waals surface area contributed by atoms with Gasteiger partial charge in [0.15, 0.2) is 0 Å². The summed E-state index contributed by atoms with van der Waals surface area (Å²) in [6, 6.07) is 10.4. The summed E-state index contributed by atoms with van der Waals surface area (Å²) in [4.78, 5) is 41.7. The Kier molecular flexibility index (Phi) is 6.58. The van der Waals surface area contributed by atoms with Crippen molar-refractivity contribution in [2.24, 2.45) is 0 Å². The van der Waals surface area contributed by atoms with Crippen LogP contribution in [0.3, 0.4) is 0 Å². The Balaban J connectivity index is 1.36. The molecule has 2 aromatic rings. The van der Waals surface area contributed by atoms with Crippen LogP contribution in [0.2, 0.25) is 0 Å². The first kappa shape index (κ1) is 25.4. The van der Waals surface area contributed by atoms with E-state index >= 15 is 0 Å². The van der Waals surface area contributed by atoms with Crippen molar-refractivity contribution in [3.05, 3.63) is 64.5 Å². The van der Waals surface area contributed by atoms with Gasteiger partial charge in [0.25, 0.3) is 11.8 Å². The molecule has 3 heterocycles. The Bertz CT molecular complexity index is 1260. The zero-order valence-corrected chi connectivity index (χ0v) is 21.1. The van der Waals surface area contributed by atoms with Crippen molar-refractivity contribution in [1.29, 1.82) is 0 Å². The van der Waals surface area contributed by atoms with E-state index < -0.39 is 16.9 Å². The first-order chi connectivity index (χ1) is 17.6. The van der Waals surface area contributed by atoms with E-state index in [0.717, 1.165) is 18.7 Å². The molecular formula is C27H30BFN4O4. The molecule has 2 fully saturated rings. The van der Waals surface area contributed by atoms with Gasteiger partial charge in [0.1, 0.15) is 19.2 Å². The maximum absolute atomic E-state index is 15.0.